The highest BCUT2D eigenvalue weighted by Crippen LogP contribution is 2.53. The predicted molar refractivity (Wildman–Crippen MR) is 258 cm³/mol. The normalized spacial score (nSPS) is 22.2. The zero-order valence-electron chi connectivity index (χ0n) is 39.3. The molecule has 2 amide bonds. The molecule has 2 heterocycles. The third-order valence-electron chi connectivity index (χ3n) is 13.5. The Morgan fingerprint density at radius 1 is 0.696 bits per heavy atom. The van der Waals surface area contributed by atoms with Crippen LogP contribution in [0.2, 0.25) is 0 Å². The topological polar surface area (TPSA) is 265 Å². The summed E-state index contributed by atoms with van der Waals surface area (Å²) in [5.41, 5.74) is -0.924. The van der Waals surface area contributed by atoms with Crippen molar-refractivity contribution in [1.82, 2.24) is 10.6 Å². The number of allylic oxidation sites excluding steroid dienone is 7. The van der Waals surface area contributed by atoms with E-state index in [-0.39, 0.29) is 51.7 Å². The fraction of sp³-hybridized carbons (Fsp3) is 0.511. The Labute approximate surface area is 403 Å². The van der Waals surface area contributed by atoms with Gasteiger partial charge >= 0.3 is 5.97 Å². The number of carboxylic acid groups (broad SMARTS) is 1. The fourth-order valence-corrected chi connectivity index (χ4v) is 10.9. The fourth-order valence-electron chi connectivity index (χ4n) is 9.56. The molecule has 0 saturated heterocycles. The Hall–Kier alpha value is -5.00. The predicted octanol–water partition coefficient (Wildman–Crippen LogP) is 6.01. The minimum atomic E-state index is -4.55. The van der Waals surface area contributed by atoms with Gasteiger partial charge in [-0.15, -0.1) is 0 Å². The number of carboxylic acids is 1. The molecule has 2 unspecified atom stereocenters. The average Bonchev–Trinajstić information content (AvgIpc) is 3.53. The summed E-state index contributed by atoms with van der Waals surface area (Å²) in [6.45, 7) is 9.03. The number of carbonyl (C=O) groups excluding carboxylic acids is 2. The number of fused-ring (bicyclic) bond motifs is 2. The second-order valence-corrected chi connectivity index (χ2v) is 23.8. The van der Waals surface area contributed by atoms with Gasteiger partial charge < -0.3 is 25.5 Å². The summed E-state index contributed by atoms with van der Waals surface area (Å²) < 4.78 is 129. The summed E-state index contributed by atoms with van der Waals surface area (Å²) in [5, 5.41) is 14.4. The summed E-state index contributed by atoms with van der Waals surface area (Å²) in [4.78, 5) is 44.0. The molecule has 0 saturated carbocycles. The van der Waals surface area contributed by atoms with E-state index in [0.29, 0.717) is 58.6 Å². The largest absolute Gasteiger partial charge is 0.481 e. The Bertz CT molecular complexity index is 2790. The van der Waals surface area contributed by atoms with E-state index in [2.05, 4.69) is 10.6 Å². The van der Waals surface area contributed by atoms with Crippen molar-refractivity contribution in [3.05, 3.63) is 106 Å². The van der Waals surface area contributed by atoms with Gasteiger partial charge in [0.15, 0.2) is 0 Å². The number of hydrogen-bond donors (Lipinski definition) is 6. The second-order valence-electron chi connectivity index (χ2n) is 19.1. The van der Waals surface area contributed by atoms with Crippen molar-refractivity contribution in [3.8, 4) is 0 Å². The van der Waals surface area contributed by atoms with E-state index in [1.165, 1.54) is 24.3 Å². The SMILES string of the molecule is CC1(C)/C(=C\C=C2C=C(/C=C/C3(C)N(CCCS(=O)(=O)O)c4ccc(F)cc4C3(C)C)CC(C(=O)NCCCCCC(=O)O)(C(=O)NCCS(=O)(=O)O)C\2)N(CCCS(=O)(=O)O)c2ccc(F)cc21. The number of halogens is 2. The minimum Gasteiger partial charge on any atom is -0.481 e. The van der Waals surface area contributed by atoms with E-state index in [1.807, 2.05) is 45.6 Å². The molecule has 0 fully saturated rings. The zero-order valence-corrected chi connectivity index (χ0v) is 41.7. The van der Waals surface area contributed by atoms with E-state index in [4.69, 9.17) is 5.11 Å². The molecule has 1 aliphatic carbocycles. The quantitative estimate of drug-likeness (QED) is 0.0448. The highest BCUT2D eigenvalue weighted by Gasteiger charge is 2.53. The van der Waals surface area contributed by atoms with Crippen LogP contribution in [0.1, 0.15) is 97.1 Å². The minimum absolute atomic E-state index is 0.00240. The van der Waals surface area contributed by atoms with Gasteiger partial charge in [0.2, 0.25) is 11.8 Å². The molecule has 2 aromatic rings. The molecule has 0 spiro atoms. The lowest BCUT2D eigenvalue weighted by Crippen LogP contribution is -2.53. The molecular weight excluding hydrogens is 963 g/mol. The van der Waals surface area contributed by atoms with Gasteiger partial charge in [-0.3, -0.25) is 28.0 Å². The Balaban J connectivity index is 1.67. The van der Waals surface area contributed by atoms with Crippen LogP contribution in [0.15, 0.2) is 83.6 Å². The number of benzene rings is 2. The first kappa shape index (κ1) is 54.9. The number of hydrogen-bond acceptors (Lipinski definition) is 11. The van der Waals surface area contributed by atoms with Crippen LogP contribution in [0.5, 0.6) is 0 Å². The van der Waals surface area contributed by atoms with E-state index in [0.717, 1.165) is 0 Å². The number of nitrogens with one attached hydrogen (secondary N) is 2. The van der Waals surface area contributed by atoms with Crippen molar-refractivity contribution < 1.29 is 67.2 Å². The number of aliphatic carboxylic acids is 1. The number of rotatable bonds is 22. The number of anilines is 2. The summed E-state index contributed by atoms with van der Waals surface area (Å²) in [7, 11) is -13.2. The van der Waals surface area contributed by atoms with Gasteiger partial charge in [0.1, 0.15) is 17.0 Å². The van der Waals surface area contributed by atoms with Gasteiger partial charge in [0.25, 0.3) is 30.4 Å². The first-order valence-corrected chi connectivity index (χ1v) is 27.3. The lowest BCUT2D eigenvalue weighted by atomic mass is 9.68. The van der Waals surface area contributed by atoms with Crippen molar-refractivity contribution in [1.29, 1.82) is 0 Å². The zero-order chi connectivity index (χ0) is 51.4. The monoisotopic (exact) mass is 1020 g/mol. The smallest absolute Gasteiger partial charge is 0.303 e. The Morgan fingerprint density at radius 3 is 1.86 bits per heavy atom. The van der Waals surface area contributed by atoms with Crippen LogP contribution in [-0.2, 0) is 55.6 Å². The maximum absolute atomic E-state index is 14.9. The van der Waals surface area contributed by atoms with Gasteiger partial charge in [-0.2, -0.15) is 25.3 Å². The third kappa shape index (κ3) is 13.3. The molecule has 380 valence electrons. The van der Waals surface area contributed by atoms with Crippen molar-refractivity contribution >= 4 is 59.5 Å². The van der Waals surface area contributed by atoms with Crippen molar-refractivity contribution in [2.24, 2.45) is 5.41 Å². The Kier molecular flexibility index (Phi) is 16.8. The molecule has 3 aliphatic rings. The van der Waals surface area contributed by atoms with Crippen molar-refractivity contribution in [2.45, 2.75) is 102 Å². The van der Waals surface area contributed by atoms with Crippen LogP contribution in [-0.4, -0.2) is 111 Å². The van der Waals surface area contributed by atoms with E-state index in [1.54, 1.807) is 41.3 Å². The molecule has 2 atom stereocenters. The lowest BCUT2D eigenvalue weighted by Gasteiger charge is -2.44. The maximum Gasteiger partial charge on any atom is 0.303 e. The van der Waals surface area contributed by atoms with Crippen LogP contribution in [0.25, 0.3) is 0 Å². The van der Waals surface area contributed by atoms with Crippen LogP contribution in [0.3, 0.4) is 0 Å². The lowest BCUT2D eigenvalue weighted by molar-refractivity contribution is -0.144. The summed E-state index contributed by atoms with van der Waals surface area (Å²) in [5.74, 6) is -5.55. The molecule has 2 aliphatic heterocycles. The standard InChI is InChI=1S/C47H62F2N4O13S3/c1-44(2)36-28-34(48)13-15-38(36)52(22-9-24-67(58,59)60)40(44)17-12-32-27-33(18-19-46(5)45(3,4)37-29-35(49)14-16-39(37)53(46)23-10-25-68(61,62)63)31-47(30-32,43(57)51-21-26-69(64,65)66)42(56)50-20-8-6-7-11-41(54)55/h12-19,27-29H,6-11,20-26,30-31H2,1-5H3,(H,50,56)(H,51,57)(H,54,55)(H,58,59,60)(H,61,62,63)(H,64,65,66)/b19-18+,32-12-,40-17+. The van der Waals surface area contributed by atoms with Crippen LogP contribution in [0, 0.1) is 17.0 Å². The average molecular weight is 1030 g/mol. The van der Waals surface area contributed by atoms with E-state index >= 15 is 0 Å². The van der Waals surface area contributed by atoms with Gasteiger partial charge in [0, 0.05) is 60.5 Å². The molecular formula is C47H62F2N4O13S3. The van der Waals surface area contributed by atoms with Crippen molar-refractivity contribution in [3.63, 3.8) is 0 Å². The first-order chi connectivity index (χ1) is 31.9. The molecule has 6 N–H and O–H groups in total. The summed E-state index contributed by atoms with van der Waals surface area (Å²) >= 11 is 0. The summed E-state index contributed by atoms with van der Waals surface area (Å²) in [6.07, 6.45) is 9.22. The van der Waals surface area contributed by atoms with E-state index in [9.17, 15) is 62.1 Å². The van der Waals surface area contributed by atoms with E-state index < -0.39 is 105 Å². The molecule has 5 rings (SSSR count). The molecule has 0 aromatic heterocycles. The van der Waals surface area contributed by atoms with Gasteiger partial charge in [-0.05, 0) is 110 Å². The van der Waals surface area contributed by atoms with Crippen LogP contribution < -0.4 is 20.4 Å². The van der Waals surface area contributed by atoms with Crippen LogP contribution in [0.4, 0.5) is 20.2 Å². The molecule has 22 heteroatoms. The van der Waals surface area contributed by atoms with Crippen molar-refractivity contribution in [2.75, 3.05) is 53.2 Å². The van der Waals surface area contributed by atoms with Gasteiger partial charge in [-0.1, -0.05) is 58.4 Å². The second kappa shape index (κ2) is 21.2. The summed E-state index contributed by atoms with van der Waals surface area (Å²) in [6, 6.07) is 8.48. The van der Waals surface area contributed by atoms with Gasteiger partial charge in [0.05, 0.1) is 22.8 Å². The molecule has 69 heavy (non-hydrogen) atoms. The molecule has 17 nitrogen and oxygen atoms in total. The highest BCUT2D eigenvalue weighted by molar-refractivity contribution is 7.86. The highest BCUT2D eigenvalue weighted by atomic mass is 32.2. The number of amides is 2. The Morgan fingerprint density at radius 2 is 1.26 bits per heavy atom. The van der Waals surface area contributed by atoms with Gasteiger partial charge in [-0.25, -0.2) is 8.78 Å². The molecule has 2 aromatic carbocycles. The maximum atomic E-state index is 14.9. The molecule has 0 radical (unpaired) electrons. The number of carbonyl (C=O) groups is 3. The number of nitrogens with zero attached hydrogens (tertiary/aromatic N) is 2. The number of unbranched alkanes of at least 4 members (excludes halogenated alkanes) is 2. The molecule has 0 bridgehead atoms. The van der Waals surface area contributed by atoms with Crippen LogP contribution >= 0.6 is 0 Å². The first-order valence-electron chi connectivity index (χ1n) is 22.5. The third-order valence-corrected chi connectivity index (χ3v) is 15.8.